The number of hydrogen-bond donors (Lipinski definition) is 0. The zero-order valence-electron chi connectivity index (χ0n) is 15.9. The van der Waals surface area contributed by atoms with E-state index in [1.54, 1.807) is 12.3 Å². The number of hydrogen-bond acceptors (Lipinski definition) is 4. The van der Waals surface area contributed by atoms with Gasteiger partial charge in [0.05, 0.1) is 11.0 Å². The normalized spacial score (nSPS) is 22.7. The van der Waals surface area contributed by atoms with Crippen LogP contribution < -0.4 is 0 Å². The molecule has 2 aliphatic rings. The zero-order chi connectivity index (χ0) is 19.0. The van der Waals surface area contributed by atoms with Crippen molar-refractivity contribution in [3.63, 3.8) is 0 Å². The summed E-state index contributed by atoms with van der Waals surface area (Å²) in [6.07, 6.45) is 6.10. The molecule has 6 nitrogen and oxygen atoms in total. The van der Waals surface area contributed by atoms with Gasteiger partial charge in [-0.1, -0.05) is 6.07 Å². The van der Waals surface area contributed by atoms with Gasteiger partial charge in [0.2, 0.25) is 5.91 Å². The van der Waals surface area contributed by atoms with Crippen molar-refractivity contribution in [3.05, 3.63) is 53.2 Å². The Bertz CT molecular complexity index is 861. The molecule has 0 bridgehead atoms. The molecular formula is C21H25N3O3. The van der Waals surface area contributed by atoms with Crippen molar-refractivity contribution in [2.45, 2.75) is 39.7 Å². The van der Waals surface area contributed by atoms with E-state index < -0.39 is 5.41 Å². The maximum absolute atomic E-state index is 13.3. The summed E-state index contributed by atoms with van der Waals surface area (Å²) in [6.45, 7) is 6.13. The standard InChI is InChI=1S/C21H25N3O3/c1-15-11-18(16(2)27-15)19(25)24-10-7-21(14-24)6-4-9-23(20(21)26)13-17-5-3-8-22-12-17/h3,5,8,11-12H,4,6-7,9-10,13-14H2,1-2H3/t21-/m0/s1. The number of aromatic nitrogens is 1. The van der Waals surface area contributed by atoms with Crippen molar-refractivity contribution in [2.24, 2.45) is 5.41 Å². The van der Waals surface area contributed by atoms with E-state index in [0.29, 0.717) is 31.0 Å². The van der Waals surface area contributed by atoms with Gasteiger partial charge in [-0.3, -0.25) is 14.6 Å². The molecule has 2 aliphatic heterocycles. The fourth-order valence-electron chi connectivity index (χ4n) is 4.45. The number of rotatable bonds is 3. The Labute approximate surface area is 159 Å². The molecule has 0 aromatic carbocycles. The van der Waals surface area contributed by atoms with E-state index in [2.05, 4.69) is 4.98 Å². The van der Waals surface area contributed by atoms with Crippen LogP contribution in [0.15, 0.2) is 35.0 Å². The Hall–Kier alpha value is -2.63. The van der Waals surface area contributed by atoms with Crippen molar-refractivity contribution in [2.75, 3.05) is 19.6 Å². The Kier molecular flexibility index (Phi) is 4.50. The Morgan fingerprint density at radius 3 is 2.85 bits per heavy atom. The first kappa shape index (κ1) is 17.8. The van der Waals surface area contributed by atoms with Gasteiger partial charge in [0, 0.05) is 38.6 Å². The SMILES string of the molecule is Cc1cc(C(=O)N2CC[C@@]3(CCCN(Cc4cccnc4)C3=O)C2)c(C)o1. The van der Waals surface area contributed by atoms with Crippen molar-refractivity contribution in [1.82, 2.24) is 14.8 Å². The van der Waals surface area contributed by atoms with E-state index in [1.807, 2.05) is 42.0 Å². The Morgan fingerprint density at radius 1 is 1.30 bits per heavy atom. The van der Waals surface area contributed by atoms with Crippen molar-refractivity contribution >= 4 is 11.8 Å². The van der Waals surface area contributed by atoms with Crippen LogP contribution in [-0.2, 0) is 11.3 Å². The van der Waals surface area contributed by atoms with Gasteiger partial charge in [-0.15, -0.1) is 0 Å². The van der Waals surface area contributed by atoms with Crippen LogP contribution in [0, 0.1) is 19.3 Å². The van der Waals surface area contributed by atoms with Crippen molar-refractivity contribution in [1.29, 1.82) is 0 Å². The fourth-order valence-corrected chi connectivity index (χ4v) is 4.45. The number of carbonyl (C=O) groups excluding carboxylic acids is 2. The molecule has 1 atom stereocenters. The Morgan fingerprint density at radius 2 is 2.15 bits per heavy atom. The highest BCUT2D eigenvalue weighted by molar-refractivity contribution is 5.96. The largest absolute Gasteiger partial charge is 0.466 e. The molecule has 6 heteroatoms. The number of likely N-dealkylation sites (tertiary alicyclic amines) is 2. The zero-order valence-corrected chi connectivity index (χ0v) is 15.9. The predicted molar refractivity (Wildman–Crippen MR) is 100 cm³/mol. The maximum Gasteiger partial charge on any atom is 0.257 e. The summed E-state index contributed by atoms with van der Waals surface area (Å²) in [5.74, 6) is 1.53. The molecule has 0 saturated carbocycles. The Balaban J connectivity index is 1.49. The molecule has 4 rings (SSSR count). The van der Waals surface area contributed by atoms with Crippen LogP contribution in [0.2, 0.25) is 0 Å². The summed E-state index contributed by atoms with van der Waals surface area (Å²) < 4.78 is 5.51. The third-order valence-corrected chi connectivity index (χ3v) is 5.83. The van der Waals surface area contributed by atoms with Crippen molar-refractivity contribution in [3.8, 4) is 0 Å². The first-order valence-corrected chi connectivity index (χ1v) is 9.53. The third-order valence-electron chi connectivity index (χ3n) is 5.83. The number of nitrogens with zero attached hydrogens (tertiary/aromatic N) is 3. The lowest BCUT2D eigenvalue weighted by Crippen LogP contribution is -2.50. The summed E-state index contributed by atoms with van der Waals surface area (Å²) in [7, 11) is 0. The van der Waals surface area contributed by atoms with Gasteiger partial charge < -0.3 is 14.2 Å². The number of furan rings is 1. The molecule has 4 heterocycles. The molecule has 1 spiro atoms. The van der Waals surface area contributed by atoms with Gasteiger partial charge in [-0.25, -0.2) is 0 Å². The van der Waals surface area contributed by atoms with E-state index in [0.717, 1.165) is 37.1 Å². The summed E-state index contributed by atoms with van der Waals surface area (Å²) in [4.78, 5) is 34.1. The van der Waals surface area contributed by atoms with Crippen LogP contribution in [0.25, 0.3) is 0 Å². The van der Waals surface area contributed by atoms with Crippen molar-refractivity contribution < 1.29 is 14.0 Å². The number of piperidine rings is 1. The topological polar surface area (TPSA) is 66.7 Å². The molecule has 0 radical (unpaired) electrons. The second-order valence-corrected chi connectivity index (χ2v) is 7.78. The lowest BCUT2D eigenvalue weighted by Gasteiger charge is -2.39. The molecule has 0 unspecified atom stereocenters. The number of carbonyl (C=O) groups is 2. The van der Waals surface area contributed by atoms with Gasteiger partial charge in [0.15, 0.2) is 0 Å². The van der Waals surface area contributed by atoms with Crippen LogP contribution in [0.4, 0.5) is 0 Å². The summed E-state index contributed by atoms with van der Waals surface area (Å²) in [6, 6.07) is 5.68. The second-order valence-electron chi connectivity index (χ2n) is 7.78. The molecular weight excluding hydrogens is 342 g/mol. The van der Waals surface area contributed by atoms with E-state index in [9.17, 15) is 9.59 Å². The smallest absolute Gasteiger partial charge is 0.257 e. The lowest BCUT2D eigenvalue weighted by molar-refractivity contribution is -0.146. The third kappa shape index (κ3) is 3.24. The average molecular weight is 367 g/mol. The van der Waals surface area contributed by atoms with Gasteiger partial charge in [0.25, 0.3) is 5.91 Å². The molecule has 0 N–H and O–H groups in total. The van der Waals surface area contributed by atoms with E-state index in [-0.39, 0.29) is 11.8 Å². The highest BCUT2D eigenvalue weighted by Crippen LogP contribution is 2.41. The van der Waals surface area contributed by atoms with E-state index >= 15 is 0 Å². The van der Waals surface area contributed by atoms with Gasteiger partial charge in [-0.2, -0.15) is 0 Å². The van der Waals surface area contributed by atoms with Gasteiger partial charge >= 0.3 is 0 Å². The van der Waals surface area contributed by atoms with Crippen LogP contribution in [0.5, 0.6) is 0 Å². The highest BCUT2D eigenvalue weighted by atomic mass is 16.3. The van der Waals surface area contributed by atoms with Crippen LogP contribution in [0.1, 0.15) is 46.7 Å². The molecule has 27 heavy (non-hydrogen) atoms. The highest BCUT2D eigenvalue weighted by Gasteiger charge is 2.49. The molecule has 2 aromatic heterocycles. The first-order chi connectivity index (χ1) is 13.0. The lowest BCUT2D eigenvalue weighted by atomic mass is 9.78. The monoisotopic (exact) mass is 367 g/mol. The summed E-state index contributed by atoms with van der Waals surface area (Å²) in [5.41, 5.74) is 1.21. The minimum atomic E-state index is -0.442. The minimum absolute atomic E-state index is 0.0293. The number of aryl methyl sites for hydroxylation is 2. The fraction of sp³-hybridized carbons (Fsp3) is 0.476. The molecule has 0 aliphatic carbocycles. The van der Waals surface area contributed by atoms with Crippen LogP contribution in [-0.4, -0.2) is 46.2 Å². The van der Waals surface area contributed by atoms with Gasteiger partial charge in [0.1, 0.15) is 11.5 Å². The minimum Gasteiger partial charge on any atom is -0.466 e. The molecule has 2 saturated heterocycles. The number of amides is 2. The molecule has 2 fully saturated rings. The maximum atomic E-state index is 13.3. The van der Waals surface area contributed by atoms with Crippen LogP contribution in [0.3, 0.4) is 0 Å². The van der Waals surface area contributed by atoms with Crippen LogP contribution >= 0.6 is 0 Å². The quantitative estimate of drug-likeness (QED) is 0.837. The van der Waals surface area contributed by atoms with Gasteiger partial charge in [-0.05, 0) is 50.8 Å². The summed E-state index contributed by atoms with van der Waals surface area (Å²) >= 11 is 0. The molecule has 142 valence electrons. The van der Waals surface area contributed by atoms with E-state index in [1.165, 1.54) is 0 Å². The molecule has 2 amide bonds. The average Bonchev–Trinajstić information content (AvgIpc) is 3.23. The predicted octanol–water partition coefficient (Wildman–Crippen LogP) is 2.95. The summed E-state index contributed by atoms with van der Waals surface area (Å²) in [5, 5.41) is 0. The first-order valence-electron chi connectivity index (χ1n) is 9.53. The van der Waals surface area contributed by atoms with E-state index in [4.69, 9.17) is 4.42 Å². The second kappa shape index (κ2) is 6.83. The number of pyridine rings is 1. The molecule has 2 aromatic rings.